The van der Waals surface area contributed by atoms with Gasteiger partial charge in [0.25, 0.3) is 12.1 Å². The maximum absolute atomic E-state index is 12.9. The Balaban J connectivity index is 1.40. The van der Waals surface area contributed by atoms with Crippen molar-refractivity contribution in [2.75, 3.05) is 49.5 Å². The summed E-state index contributed by atoms with van der Waals surface area (Å²) in [5, 5.41) is 9.36. The van der Waals surface area contributed by atoms with Crippen LogP contribution in [0.5, 0.6) is 5.75 Å². The number of hydrogen-bond acceptors (Lipinski definition) is 9. The molecule has 0 spiro atoms. The highest BCUT2D eigenvalue weighted by molar-refractivity contribution is 7.21. The number of amides is 1. The van der Waals surface area contributed by atoms with Crippen LogP contribution >= 0.6 is 11.3 Å². The third-order valence-corrected chi connectivity index (χ3v) is 6.27. The van der Waals surface area contributed by atoms with Crippen LogP contribution in [-0.4, -0.2) is 49.6 Å². The van der Waals surface area contributed by atoms with Gasteiger partial charge in [-0.3, -0.25) is 14.6 Å². The quantitative estimate of drug-likeness (QED) is 0.441. The lowest BCUT2D eigenvalue weighted by atomic mass is 10.1. The van der Waals surface area contributed by atoms with Crippen LogP contribution in [0.25, 0.3) is 21.5 Å². The molecular formula is C21H21N6O4S+. The average molecular weight is 454 g/mol. The third-order valence-electron chi connectivity index (χ3n) is 5.15. The molecule has 0 unspecified atom stereocenters. The lowest BCUT2D eigenvalue weighted by Crippen LogP contribution is -2.62. The number of nitrogen functional groups attached to an aromatic ring is 1. The van der Waals surface area contributed by atoms with Gasteiger partial charge in [-0.05, 0) is 24.3 Å². The van der Waals surface area contributed by atoms with Crippen molar-refractivity contribution in [3.05, 3.63) is 47.5 Å². The highest BCUT2D eigenvalue weighted by Gasteiger charge is 2.25. The number of carbonyl (C=O) groups excluding carboxylic acids is 1. The molecule has 0 atom stereocenters. The van der Waals surface area contributed by atoms with E-state index in [1.54, 1.807) is 18.1 Å². The Labute approximate surface area is 187 Å². The van der Waals surface area contributed by atoms with Gasteiger partial charge in [0.15, 0.2) is 0 Å². The van der Waals surface area contributed by atoms with Gasteiger partial charge in [0.1, 0.15) is 15.5 Å². The molecular weight excluding hydrogens is 432 g/mol. The van der Waals surface area contributed by atoms with Gasteiger partial charge in [0.05, 0.1) is 49.6 Å². The van der Waals surface area contributed by atoms with Gasteiger partial charge >= 0.3 is 5.88 Å². The Kier molecular flexibility index (Phi) is 5.33. The second-order valence-electron chi connectivity index (χ2n) is 7.10. The summed E-state index contributed by atoms with van der Waals surface area (Å²) in [6.45, 7) is 2.61. The number of nitrogens with one attached hydrogen (secondary N) is 1. The van der Waals surface area contributed by atoms with Crippen LogP contribution in [0.4, 0.5) is 11.6 Å². The number of para-hydroxylation sites is 1. The maximum Gasteiger partial charge on any atom is 0.306 e. The van der Waals surface area contributed by atoms with E-state index in [0.717, 1.165) is 22.4 Å². The number of methoxy groups -OCH3 is 1. The fraction of sp³-hybridized carbons (Fsp3) is 0.238. The monoisotopic (exact) mass is 453 g/mol. The molecule has 3 aromatic heterocycles. The molecule has 4 heterocycles. The Bertz CT molecular complexity index is 1280. The van der Waals surface area contributed by atoms with E-state index in [4.69, 9.17) is 24.7 Å². The second kappa shape index (κ2) is 8.44. The van der Waals surface area contributed by atoms with E-state index in [1.807, 2.05) is 41.4 Å². The number of fused-ring (bicyclic) bond motifs is 1. The molecule has 164 valence electrons. The molecule has 0 aliphatic carbocycles. The van der Waals surface area contributed by atoms with Crippen LogP contribution in [0.15, 0.2) is 47.1 Å². The highest BCUT2D eigenvalue weighted by atomic mass is 32.1. The standard InChI is InChI=1S/C21H20N6O4S/c1-29-16-5-3-2-4-13(16)15-7-6-14-18(22)19(32-21(14)23-15)20(28)24-17-12-27(25-31-17)26-8-10-30-11-9-26/h2-7,12H,8-11H2,1H3,(H2-,22,24,25,28)/p+1. The Morgan fingerprint density at radius 2 is 2.06 bits per heavy atom. The van der Waals surface area contributed by atoms with Crippen LogP contribution in [0.3, 0.4) is 0 Å². The number of aromatic nitrogens is 3. The zero-order valence-corrected chi connectivity index (χ0v) is 18.1. The summed E-state index contributed by atoms with van der Waals surface area (Å²) in [5.74, 6) is 0.566. The molecule has 0 saturated carbocycles. The number of ether oxygens (including phenoxy) is 2. The fourth-order valence-electron chi connectivity index (χ4n) is 3.53. The van der Waals surface area contributed by atoms with Crippen LogP contribution in [0.2, 0.25) is 0 Å². The van der Waals surface area contributed by atoms with Crippen LogP contribution in [0, 0.1) is 0 Å². The van der Waals surface area contributed by atoms with Crippen molar-refractivity contribution in [3.63, 3.8) is 0 Å². The number of pyridine rings is 1. The number of hydrogen-bond donors (Lipinski definition) is 2. The van der Waals surface area contributed by atoms with Gasteiger partial charge in [-0.15, -0.1) is 16.3 Å². The van der Waals surface area contributed by atoms with Crippen molar-refractivity contribution in [2.24, 2.45) is 0 Å². The smallest absolute Gasteiger partial charge is 0.306 e. The minimum absolute atomic E-state index is 0.223. The first kappa shape index (κ1) is 20.2. The summed E-state index contributed by atoms with van der Waals surface area (Å²) in [5.41, 5.74) is 8.25. The van der Waals surface area contributed by atoms with E-state index in [9.17, 15) is 4.79 Å². The molecule has 32 heavy (non-hydrogen) atoms. The van der Waals surface area contributed by atoms with Gasteiger partial charge in [-0.2, -0.15) is 0 Å². The molecule has 10 nitrogen and oxygen atoms in total. The summed E-state index contributed by atoms with van der Waals surface area (Å²) in [7, 11) is 1.62. The van der Waals surface area contributed by atoms with E-state index in [-0.39, 0.29) is 11.8 Å². The molecule has 11 heteroatoms. The van der Waals surface area contributed by atoms with E-state index < -0.39 is 0 Å². The molecule has 0 radical (unpaired) electrons. The normalized spacial score (nSPS) is 14.0. The van der Waals surface area contributed by atoms with Crippen LogP contribution in [-0.2, 0) is 4.74 Å². The van der Waals surface area contributed by atoms with Gasteiger partial charge in [0, 0.05) is 10.9 Å². The van der Waals surface area contributed by atoms with Gasteiger partial charge < -0.3 is 15.2 Å². The average Bonchev–Trinajstić information content (AvgIpc) is 3.44. The predicted molar refractivity (Wildman–Crippen MR) is 119 cm³/mol. The number of thiophene rings is 1. The van der Waals surface area contributed by atoms with Crippen molar-refractivity contribution < 1.29 is 23.6 Å². The van der Waals surface area contributed by atoms with Crippen molar-refractivity contribution in [3.8, 4) is 17.0 Å². The summed E-state index contributed by atoms with van der Waals surface area (Å²) >= 11 is 1.22. The summed E-state index contributed by atoms with van der Waals surface area (Å²) < 4.78 is 16.0. The van der Waals surface area contributed by atoms with Crippen LogP contribution in [0.1, 0.15) is 9.67 Å². The summed E-state index contributed by atoms with van der Waals surface area (Å²) in [6, 6.07) is 11.4. The minimum atomic E-state index is -0.380. The molecule has 4 aromatic rings. The second-order valence-corrected chi connectivity index (χ2v) is 8.10. The first-order chi connectivity index (χ1) is 15.6. The number of benzene rings is 1. The lowest BCUT2D eigenvalue weighted by Gasteiger charge is -2.18. The zero-order chi connectivity index (χ0) is 22.1. The number of carbonyl (C=O) groups is 1. The number of nitrogens with two attached hydrogens (primary N) is 1. The largest absolute Gasteiger partial charge is 0.496 e. The van der Waals surface area contributed by atoms with E-state index in [1.165, 1.54) is 11.3 Å². The van der Waals surface area contributed by atoms with Gasteiger partial charge in [0.2, 0.25) is 5.27 Å². The third kappa shape index (κ3) is 3.72. The van der Waals surface area contributed by atoms with Gasteiger partial charge in [-0.1, -0.05) is 12.1 Å². The Morgan fingerprint density at radius 1 is 1.25 bits per heavy atom. The lowest BCUT2D eigenvalue weighted by molar-refractivity contribution is -0.759. The van der Waals surface area contributed by atoms with Crippen LogP contribution < -0.4 is 25.6 Å². The molecule has 1 fully saturated rings. The highest BCUT2D eigenvalue weighted by Crippen LogP contribution is 2.36. The van der Waals surface area contributed by atoms with E-state index in [0.29, 0.717) is 41.7 Å². The van der Waals surface area contributed by atoms with Crippen molar-refractivity contribution in [1.82, 2.24) is 10.3 Å². The molecule has 3 N–H and O–H groups in total. The van der Waals surface area contributed by atoms with E-state index >= 15 is 0 Å². The summed E-state index contributed by atoms with van der Waals surface area (Å²) in [4.78, 5) is 20.2. The topological polar surface area (TPSA) is 120 Å². The number of anilines is 2. The number of nitrogens with zero attached hydrogens (tertiary/aromatic N) is 4. The molecule has 1 aromatic carbocycles. The van der Waals surface area contributed by atoms with Crippen molar-refractivity contribution >= 4 is 39.0 Å². The Hall–Kier alpha value is -3.70. The molecule has 1 aliphatic rings. The molecule has 0 bridgehead atoms. The predicted octanol–water partition coefficient (Wildman–Crippen LogP) is 2.05. The first-order valence-corrected chi connectivity index (χ1v) is 10.8. The SMILES string of the molecule is COc1ccccc1-c1ccc2c(N)c(C(=O)Nc3c[n+](N4CCOCC4)no3)sc2n1. The van der Waals surface area contributed by atoms with E-state index in [2.05, 4.69) is 10.6 Å². The molecule has 1 aliphatic heterocycles. The van der Waals surface area contributed by atoms with Gasteiger partial charge in [-0.25, -0.2) is 4.98 Å². The Morgan fingerprint density at radius 3 is 2.88 bits per heavy atom. The van der Waals surface area contributed by atoms with Crippen molar-refractivity contribution in [2.45, 2.75) is 0 Å². The summed E-state index contributed by atoms with van der Waals surface area (Å²) in [6.07, 6.45) is 1.62. The molecule has 1 saturated heterocycles. The zero-order valence-electron chi connectivity index (χ0n) is 17.3. The minimum Gasteiger partial charge on any atom is -0.496 e. The molecule has 5 rings (SSSR count). The number of rotatable bonds is 5. The first-order valence-electron chi connectivity index (χ1n) is 9.99. The maximum atomic E-state index is 12.9. The number of morpholine rings is 1. The molecule has 1 amide bonds. The van der Waals surface area contributed by atoms with Crippen molar-refractivity contribution in [1.29, 1.82) is 0 Å². The fourth-order valence-corrected chi connectivity index (χ4v) is 4.51.